The van der Waals surface area contributed by atoms with Gasteiger partial charge in [-0.3, -0.25) is 10.00 Å². The van der Waals surface area contributed by atoms with Crippen LogP contribution in [0.3, 0.4) is 0 Å². The van der Waals surface area contributed by atoms with Crippen molar-refractivity contribution in [2.45, 2.75) is 38.1 Å². The Morgan fingerprint density at radius 1 is 1.13 bits per heavy atom. The molecule has 1 aliphatic carbocycles. The van der Waals surface area contributed by atoms with E-state index < -0.39 is 17.7 Å². The number of hydrogen-bond acceptors (Lipinski definition) is 4. The van der Waals surface area contributed by atoms with Crippen LogP contribution in [0.5, 0.6) is 0 Å². The van der Waals surface area contributed by atoms with Crippen molar-refractivity contribution >= 4 is 11.8 Å². The number of anilines is 1. The second kappa shape index (κ2) is 11.4. The van der Waals surface area contributed by atoms with Crippen LogP contribution >= 0.6 is 0 Å². The van der Waals surface area contributed by atoms with Crippen molar-refractivity contribution in [2.24, 2.45) is 13.0 Å². The molecule has 3 atom stereocenters. The van der Waals surface area contributed by atoms with Gasteiger partial charge in [0, 0.05) is 50.0 Å². The summed E-state index contributed by atoms with van der Waals surface area (Å²) in [6, 6.07) is 12.9. The van der Waals surface area contributed by atoms with Crippen LogP contribution in [0.25, 0.3) is 16.9 Å². The SMILES string of the molecule is COCCC1C[C@@H](NC(=O)Nc2c(C)c(-c3cnn(C)c3)nn2-c2ccccc2)[C@H](c2ccc(F)c(F)c2)C1. The summed E-state index contributed by atoms with van der Waals surface area (Å²) >= 11 is 0. The van der Waals surface area contributed by atoms with Crippen LogP contribution in [0, 0.1) is 24.5 Å². The summed E-state index contributed by atoms with van der Waals surface area (Å²) in [6.07, 6.45) is 5.88. The summed E-state index contributed by atoms with van der Waals surface area (Å²) in [5, 5.41) is 15.2. The molecule has 0 saturated heterocycles. The average Bonchev–Trinajstić information content (AvgIpc) is 3.62. The molecule has 39 heavy (non-hydrogen) atoms. The zero-order chi connectivity index (χ0) is 27.5. The number of para-hydroxylation sites is 1. The molecule has 0 aliphatic heterocycles. The molecule has 1 saturated carbocycles. The van der Waals surface area contributed by atoms with Crippen LogP contribution in [0.1, 0.15) is 36.3 Å². The smallest absolute Gasteiger partial charge is 0.320 e. The topological polar surface area (TPSA) is 86.0 Å². The maximum atomic E-state index is 14.1. The Morgan fingerprint density at radius 2 is 1.92 bits per heavy atom. The molecule has 2 heterocycles. The number of carbonyl (C=O) groups is 1. The third-order valence-corrected chi connectivity index (χ3v) is 7.41. The fourth-order valence-corrected chi connectivity index (χ4v) is 5.46. The van der Waals surface area contributed by atoms with Crippen molar-refractivity contribution in [3.63, 3.8) is 0 Å². The van der Waals surface area contributed by atoms with Crippen LogP contribution < -0.4 is 10.6 Å². The third kappa shape index (κ3) is 5.70. The minimum atomic E-state index is -0.888. The molecule has 1 fully saturated rings. The summed E-state index contributed by atoms with van der Waals surface area (Å²) in [4.78, 5) is 13.4. The molecule has 5 rings (SSSR count). The Kier molecular flexibility index (Phi) is 7.74. The number of nitrogens with zero attached hydrogens (tertiary/aromatic N) is 4. The first-order valence-corrected chi connectivity index (χ1v) is 13.0. The second-order valence-corrected chi connectivity index (χ2v) is 10.1. The van der Waals surface area contributed by atoms with E-state index in [2.05, 4.69) is 15.7 Å². The minimum absolute atomic E-state index is 0.154. The van der Waals surface area contributed by atoms with Gasteiger partial charge in [-0.2, -0.15) is 10.2 Å². The molecule has 2 aromatic carbocycles. The summed E-state index contributed by atoms with van der Waals surface area (Å²) in [5.41, 5.74) is 3.81. The van der Waals surface area contributed by atoms with Gasteiger partial charge in [0.1, 0.15) is 11.5 Å². The fraction of sp³-hybridized carbons (Fsp3) is 0.345. The van der Waals surface area contributed by atoms with E-state index >= 15 is 0 Å². The molecule has 4 aromatic rings. The number of aryl methyl sites for hydroxylation is 1. The number of aromatic nitrogens is 4. The van der Waals surface area contributed by atoms with Gasteiger partial charge in [-0.25, -0.2) is 18.3 Å². The summed E-state index contributed by atoms with van der Waals surface area (Å²) in [5.74, 6) is -1.11. The highest BCUT2D eigenvalue weighted by atomic mass is 19.2. The van der Waals surface area contributed by atoms with Crippen LogP contribution in [0.4, 0.5) is 19.4 Å². The second-order valence-electron chi connectivity index (χ2n) is 10.1. The number of methoxy groups -OCH3 is 1. The molecule has 0 spiro atoms. The van der Waals surface area contributed by atoms with E-state index in [-0.39, 0.29) is 17.9 Å². The summed E-state index contributed by atoms with van der Waals surface area (Å²) in [7, 11) is 3.49. The first kappa shape index (κ1) is 26.6. The third-order valence-electron chi connectivity index (χ3n) is 7.41. The van der Waals surface area contributed by atoms with Crippen LogP contribution in [0.2, 0.25) is 0 Å². The maximum Gasteiger partial charge on any atom is 0.320 e. The van der Waals surface area contributed by atoms with Gasteiger partial charge in [0.15, 0.2) is 11.6 Å². The predicted molar refractivity (Wildman–Crippen MR) is 145 cm³/mol. The first-order chi connectivity index (χ1) is 18.8. The van der Waals surface area contributed by atoms with Gasteiger partial charge >= 0.3 is 6.03 Å². The van der Waals surface area contributed by atoms with Crippen molar-refractivity contribution in [1.82, 2.24) is 24.9 Å². The zero-order valence-corrected chi connectivity index (χ0v) is 22.2. The minimum Gasteiger partial charge on any atom is -0.385 e. The zero-order valence-electron chi connectivity index (χ0n) is 22.2. The molecule has 2 aromatic heterocycles. The molecule has 204 valence electrons. The van der Waals surface area contributed by atoms with Gasteiger partial charge in [0.25, 0.3) is 0 Å². The largest absolute Gasteiger partial charge is 0.385 e. The molecule has 8 nitrogen and oxygen atoms in total. The fourth-order valence-electron chi connectivity index (χ4n) is 5.46. The lowest BCUT2D eigenvalue weighted by molar-refractivity contribution is 0.177. The first-order valence-electron chi connectivity index (χ1n) is 13.0. The molecule has 2 N–H and O–H groups in total. The molecule has 0 radical (unpaired) electrons. The number of benzene rings is 2. The normalized spacial score (nSPS) is 18.8. The number of rotatable bonds is 8. The highest BCUT2D eigenvalue weighted by Crippen LogP contribution is 2.41. The number of urea groups is 1. The summed E-state index contributed by atoms with van der Waals surface area (Å²) < 4.78 is 36.4. The van der Waals surface area contributed by atoms with E-state index in [9.17, 15) is 13.6 Å². The average molecular weight is 535 g/mol. The Hall–Kier alpha value is -4.05. The number of hydrogen-bond donors (Lipinski definition) is 2. The maximum absolute atomic E-state index is 14.1. The predicted octanol–water partition coefficient (Wildman–Crippen LogP) is 5.58. The van der Waals surface area contributed by atoms with Crippen molar-refractivity contribution in [3.05, 3.63) is 83.7 Å². The lowest BCUT2D eigenvalue weighted by Gasteiger charge is -2.22. The lowest BCUT2D eigenvalue weighted by Crippen LogP contribution is -2.40. The highest BCUT2D eigenvalue weighted by molar-refractivity contribution is 5.91. The lowest BCUT2D eigenvalue weighted by atomic mass is 9.93. The van der Waals surface area contributed by atoms with E-state index in [4.69, 9.17) is 9.84 Å². The number of nitrogens with one attached hydrogen (secondary N) is 2. The number of carbonyl (C=O) groups excluding carboxylic acids is 1. The van der Waals surface area contributed by atoms with Crippen LogP contribution in [0.15, 0.2) is 60.9 Å². The van der Waals surface area contributed by atoms with Gasteiger partial charge in [-0.05, 0) is 61.9 Å². The molecule has 1 unspecified atom stereocenters. The monoisotopic (exact) mass is 534 g/mol. The van der Waals surface area contributed by atoms with E-state index in [1.807, 2.05) is 50.5 Å². The van der Waals surface area contributed by atoms with Gasteiger partial charge in [-0.15, -0.1) is 0 Å². The van der Waals surface area contributed by atoms with Gasteiger partial charge in [0.05, 0.1) is 11.9 Å². The van der Waals surface area contributed by atoms with Crippen LogP contribution in [-0.2, 0) is 11.8 Å². The Labute approximate surface area is 226 Å². The van der Waals surface area contributed by atoms with Crippen LogP contribution in [-0.4, -0.2) is 45.4 Å². The van der Waals surface area contributed by atoms with E-state index in [0.717, 1.165) is 35.7 Å². The van der Waals surface area contributed by atoms with Crippen molar-refractivity contribution in [3.8, 4) is 16.9 Å². The Morgan fingerprint density at radius 3 is 2.62 bits per heavy atom. The number of amides is 2. The van der Waals surface area contributed by atoms with Crippen molar-refractivity contribution < 1.29 is 18.3 Å². The van der Waals surface area contributed by atoms with Crippen molar-refractivity contribution in [1.29, 1.82) is 0 Å². The number of halogens is 2. The van der Waals surface area contributed by atoms with E-state index in [1.165, 1.54) is 6.07 Å². The van der Waals surface area contributed by atoms with Crippen molar-refractivity contribution in [2.75, 3.05) is 19.0 Å². The molecule has 2 amide bonds. The number of ether oxygens (including phenoxy) is 1. The highest BCUT2D eigenvalue weighted by Gasteiger charge is 2.36. The van der Waals surface area contributed by atoms with Gasteiger partial charge in [0.2, 0.25) is 0 Å². The molecule has 10 heteroatoms. The molecular formula is C29H32F2N6O2. The standard InChI is InChI=1S/C29H32F2N6O2/c1-18-27(21-16-32-36(2)17-21)35-37(22-7-5-4-6-8-22)28(18)34-29(38)33-26-14-19(11-12-39-3)13-23(26)20-9-10-24(30)25(31)15-20/h4-10,15-17,19,23,26H,11-14H2,1-3H3,(H2,33,34,38)/t19?,23-,26+/m0/s1. The molecule has 1 aliphatic rings. The van der Waals surface area contributed by atoms with E-state index in [1.54, 1.807) is 28.7 Å². The molecular weight excluding hydrogens is 502 g/mol. The summed E-state index contributed by atoms with van der Waals surface area (Å²) in [6.45, 7) is 2.51. The van der Waals surface area contributed by atoms with Gasteiger partial charge in [-0.1, -0.05) is 24.3 Å². The van der Waals surface area contributed by atoms with Gasteiger partial charge < -0.3 is 10.1 Å². The quantitative estimate of drug-likeness (QED) is 0.309. The Balaban J connectivity index is 1.42. The Bertz CT molecular complexity index is 1450. The van der Waals surface area contributed by atoms with E-state index in [0.29, 0.717) is 30.1 Å². The molecule has 0 bridgehead atoms.